The number of aliphatic hydroxyl groups is 1. The van der Waals surface area contributed by atoms with Gasteiger partial charge < -0.3 is 24.1 Å². The summed E-state index contributed by atoms with van der Waals surface area (Å²) in [6, 6.07) is 0. The first-order valence-electron chi connectivity index (χ1n) is 11.5. The van der Waals surface area contributed by atoms with Gasteiger partial charge in [0.25, 0.3) is 0 Å². The second-order valence-corrected chi connectivity index (χ2v) is 10.0. The van der Waals surface area contributed by atoms with Gasteiger partial charge in [-0.1, -0.05) is 31.9 Å². The Hall–Kier alpha value is -2.00. The van der Waals surface area contributed by atoms with Gasteiger partial charge in [0.1, 0.15) is 23.2 Å². The van der Waals surface area contributed by atoms with Crippen LogP contribution in [0.1, 0.15) is 54.4 Å². The zero-order valence-electron chi connectivity index (χ0n) is 20.4. The maximum atomic E-state index is 12.7. The molecule has 2 aliphatic heterocycles. The summed E-state index contributed by atoms with van der Waals surface area (Å²) in [7, 11) is 0. The van der Waals surface area contributed by atoms with Crippen molar-refractivity contribution in [3.05, 3.63) is 34.6 Å². The summed E-state index contributed by atoms with van der Waals surface area (Å²) in [6.45, 7) is 10.1. The molecule has 0 aromatic carbocycles. The van der Waals surface area contributed by atoms with Crippen LogP contribution in [0.3, 0.4) is 0 Å². The molecule has 1 saturated heterocycles. The fourth-order valence-corrected chi connectivity index (χ4v) is 5.08. The molecular weight excluding hydrogens is 464 g/mol. The number of carbonyl (C=O) groups excluding carboxylic acids is 3. The molecule has 0 amide bonds. The van der Waals surface area contributed by atoms with Crippen molar-refractivity contribution in [2.45, 2.75) is 84.1 Å². The highest BCUT2D eigenvalue weighted by atomic mass is 35.5. The number of rotatable bonds is 7. The molecule has 0 radical (unpaired) electrons. The number of Topliss-reactive ketones (excluding diaryl/α,β-unsaturated/α-hetero) is 2. The lowest BCUT2D eigenvalue weighted by Crippen LogP contribution is -2.57. The van der Waals surface area contributed by atoms with Gasteiger partial charge in [0.2, 0.25) is 5.78 Å². The number of halogens is 1. The molecule has 9 heteroatoms. The molecule has 3 rings (SSSR count). The molecule has 0 aromatic heterocycles. The Labute approximate surface area is 204 Å². The molecule has 0 unspecified atom stereocenters. The lowest BCUT2D eigenvalue weighted by molar-refractivity contribution is -0.174. The summed E-state index contributed by atoms with van der Waals surface area (Å²) in [6.07, 6.45) is 4.18. The van der Waals surface area contributed by atoms with E-state index >= 15 is 0 Å². The van der Waals surface area contributed by atoms with Crippen molar-refractivity contribution in [3.8, 4) is 0 Å². The third kappa shape index (κ3) is 5.15. The van der Waals surface area contributed by atoms with Crippen molar-refractivity contribution in [1.82, 2.24) is 0 Å². The van der Waals surface area contributed by atoms with E-state index in [9.17, 15) is 19.5 Å². The molecule has 34 heavy (non-hydrogen) atoms. The minimum Gasteiger partial charge on any atom is -0.493 e. The van der Waals surface area contributed by atoms with Crippen LogP contribution < -0.4 is 0 Å². The maximum absolute atomic E-state index is 12.7. The van der Waals surface area contributed by atoms with Crippen LogP contribution in [0, 0.1) is 11.8 Å². The largest absolute Gasteiger partial charge is 0.493 e. The third-order valence-electron chi connectivity index (χ3n) is 6.69. The van der Waals surface area contributed by atoms with Crippen molar-refractivity contribution >= 4 is 29.1 Å². The van der Waals surface area contributed by atoms with E-state index in [1.807, 2.05) is 13.0 Å². The lowest BCUT2D eigenvalue weighted by Gasteiger charge is -2.42. The number of allylic oxidation sites excluding steroid dienone is 2. The fraction of sp³-hybridized carbons (Fsp3) is 0.640. The normalized spacial score (nSPS) is 36.7. The van der Waals surface area contributed by atoms with Crippen LogP contribution >= 0.6 is 11.6 Å². The minimum atomic E-state index is -1.96. The third-order valence-corrected chi connectivity index (χ3v) is 7.08. The van der Waals surface area contributed by atoms with Crippen LogP contribution in [-0.4, -0.2) is 58.9 Å². The molecular formula is C25H33ClO8. The highest BCUT2D eigenvalue weighted by Crippen LogP contribution is 2.42. The summed E-state index contributed by atoms with van der Waals surface area (Å²) in [5.41, 5.74) is -2.32. The van der Waals surface area contributed by atoms with Crippen molar-refractivity contribution in [2.24, 2.45) is 11.8 Å². The summed E-state index contributed by atoms with van der Waals surface area (Å²) in [5.74, 6) is -1.34. The molecule has 188 valence electrons. The van der Waals surface area contributed by atoms with E-state index in [1.165, 1.54) is 20.8 Å². The first-order chi connectivity index (χ1) is 15.8. The predicted octanol–water partition coefficient (Wildman–Crippen LogP) is 3.36. The van der Waals surface area contributed by atoms with Gasteiger partial charge >= 0.3 is 5.97 Å². The van der Waals surface area contributed by atoms with E-state index in [2.05, 4.69) is 13.8 Å². The van der Waals surface area contributed by atoms with Gasteiger partial charge in [-0.3, -0.25) is 14.4 Å². The Kier molecular flexibility index (Phi) is 7.77. The second-order valence-electron chi connectivity index (χ2n) is 9.65. The number of ether oxygens (including phenoxy) is 4. The maximum Gasteiger partial charge on any atom is 0.303 e. The van der Waals surface area contributed by atoms with E-state index in [-0.39, 0.29) is 35.9 Å². The number of hydrogen-bond acceptors (Lipinski definition) is 8. The molecule has 1 fully saturated rings. The molecule has 1 N–H and O–H groups in total. The quantitative estimate of drug-likeness (QED) is 0.534. The fourth-order valence-electron chi connectivity index (χ4n) is 4.70. The van der Waals surface area contributed by atoms with Crippen LogP contribution in [0.5, 0.6) is 0 Å². The molecule has 0 aromatic rings. The SMILES string of the molecule is CC[C@H](C)[C@H]1O[C@H](CC(C)=O)O[C@@]1(C)/C=C/C1=CC2=C(Cl)C(=O)[C@](C)(O)[C@H](OC(C)=O)[C@H]2CO1. The van der Waals surface area contributed by atoms with E-state index in [0.29, 0.717) is 11.3 Å². The molecule has 1 aliphatic carbocycles. The van der Waals surface area contributed by atoms with Crippen LogP contribution in [-0.2, 0) is 33.3 Å². The summed E-state index contributed by atoms with van der Waals surface area (Å²) < 4.78 is 23.4. The van der Waals surface area contributed by atoms with Gasteiger partial charge in [-0.25, -0.2) is 0 Å². The highest BCUT2D eigenvalue weighted by molar-refractivity contribution is 6.44. The monoisotopic (exact) mass is 496 g/mol. The summed E-state index contributed by atoms with van der Waals surface area (Å²) in [4.78, 5) is 35.9. The van der Waals surface area contributed by atoms with E-state index in [4.69, 9.17) is 30.5 Å². The number of fused-ring (bicyclic) bond motifs is 1. The lowest BCUT2D eigenvalue weighted by atomic mass is 9.74. The molecule has 0 spiro atoms. The molecule has 8 nitrogen and oxygen atoms in total. The Balaban J connectivity index is 1.90. The summed E-state index contributed by atoms with van der Waals surface area (Å²) >= 11 is 6.33. The Morgan fingerprint density at radius 2 is 2.03 bits per heavy atom. The van der Waals surface area contributed by atoms with Crippen LogP contribution in [0.2, 0.25) is 0 Å². The van der Waals surface area contributed by atoms with Crippen molar-refractivity contribution in [2.75, 3.05) is 6.61 Å². The molecule has 7 atom stereocenters. The highest BCUT2D eigenvalue weighted by Gasteiger charge is 2.54. The first kappa shape index (κ1) is 26.6. The van der Waals surface area contributed by atoms with Crippen molar-refractivity contribution < 1.29 is 38.4 Å². The molecule has 0 bridgehead atoms. The molecule has 2 heterocycles. The van der Waals surface area contributed by atoms with Crippen LogP contribution in [0.15, 0.2) is 34.6 Å². The van der Waals surface area contributed by atoms with Crippen molar-refractivity contribution in [3.63, 3.8) is 0 Å². The summed E-state index contributed by atoms with van der Waals surface area (Å²) in [5, 5.41) is 10.6. The zero-order chi connectivity index (χ0) is 25.4. The molecule has 3 aliphatic rings. The van der Waals surface area contributed by atoms with Gasteiger partial charge in [0, 0.05) is 6.92 Å². The van der Waals surface area contributed by atoms with Gasteiger partial charge in [-0.05, 0) is 50.5 Å². The minimum absolute atomic E-state index is 0.0211. The smallest absolute Gasteiger partial charge is 0.303 e. The Morgan fingerprint density at radius 1 is 1.35 bits per heavy atom. The zero-order valence-corrected chi connectivity index (χ0v) is 21.2. The molecule has 0 saturated carbocycles. The van der Waals surface area contributed by atoms with Crippen LogP contribution in [0.4, 0.5) is 0 Å². The van der Waals surface area contributed by atoms with Crippen LogP contribution in [0.25, 0.3) is 0 Å². The first-order valence-corrected chi connectivity index (χ1v) is 11.9. The number of esters is 1. The average molecular weight is 497 g/mol. The Bertz CT molecular complexity index is 949. The standard InChI is InChI=1S/C25H33ClO8/c1-7-13(2)22-24(5,34-19(33-22)10-14(3)27)9-8-16-11-17-18(12-31-16)23(32-15(4)28)25(6,30)21(29)20(17)26/h8-9,11,13,18-19,22-23,30H,7,10,12H2,1-6H3/b9-8+/t13-,18-,19-,22+,23+,24-,25-/m0/s1. The second kappa shape index (κ2) is 9.93. The number of hydrogen-bond donors (Lipinski definition) is 1. The van der Waals surface area contributed by atoms with Gasteiger partial charge in [-0.2, -0.15) is 0 Å². The van der Waals surface area contributed by atoms with Gasteiger partial charge in [-0.15, -0.1) is 0 Å². The van der Waals surface area contributed by atoms with E-state index in [1.54, 1.807) is 12.2 Å². The average Bonchev–Trinajstić information content (AvgIpc) is 3.08. The van der Waals surface area contributed by atoms with Crippen molar-refractivity contribution in [1.29, 1.82) is 0 Å². The number of carbonyl (C=O) groups is 3. The van der Waals surface area contributed by atoms with Gasteiger partial charge in [0.15, 0.2) is 11.9 Å². The van der Waals surface area contributed by atoms with Gasteiger partial charge in [0.05, 0.1) is 30.1 Å². The number of ketones is 2. The predicted molar refractivity (Wildman–Crippen MR) is 124 cm³/mol. The topological polar surface area (TPSA) is 108 Å². The Morgan fingerprint density at radius 3 is 2.62 bits per heavy atom. The van der Waals surface area contributed by atoms with E-state index in [0.717, 1.165) is 6.42 Å². The van der Waals surface area contributed by atoms with E-state index < -0.39 is 41.3 Å².